The number of amides is 2. The molecule has 1 aromatic rings. The highest BCUT2D eigenvalue weighted by Gasteiger charge is 2.37. The lowest BCUT2D eigenvalue weighted by atomic mass is 9.99. The number of urea groups is 1. The monoisotopic (exact) mass is 296 g/mol. The summed E-state index contributed by atoms with van der Waals surface area (Å²) in [5, 5.41) is 12.3. The van der Waals surface area contributed by atoms with E-state index >= 15 is 0 Å². The minimum absolute atomic E-state index is 0.0504. The molecule has 1 aliphatic rings. The number of carboxylic acid groups (broad SMARTS) is 1. The van der Waals surface area contributed by atoms with Crippen LogP contribution in [-0.4, -0.2) is 35.1 Å². The van der Waals surface area contributed by atoms with Crippen LogP contribution in [0.3, 0.4) is 0 Å². The lowest BCUT2D eigenvalue weighted by molar-refractivity contribution is -0.142. The minimum atomic E-state index is -0.860. The van der Waals surface area contributed by atoms with Crippen LogP contribution >= 0.6 is 11.6 Å². The van der Waals surface area contributed by atoms with Gasteiger partial charge in [0, 0.05) is 13.1 Å². The van der Waals surface area contributed by atoms with E-state index in [0.717, 1.165) is 5.56 Å². The Morgan fingerprint density at radius 3 is 2.65 bits per heavy atom. The van der Waals surface area contributed by atoms with Gasteiger partial charge in [-0.05, 0) is 24.5 Å². The Balaban J connectivity index is 2.08. The van der Waals surface area contributed by atoms with E-state index in [-0.39, 0.29) is 18.5 Å². The summed E-state index contributed by atoms with van der Waals surface area (Å²) in [6.45, 7) is 4.36. The Kier molecular flexibility index (Phi) is 4.18. The highest BCUT2D eigenvalue weighted by Crippen LogP contribution is 2.28. The Morgan fingerprint density at radius 2 is 2.10 bits per heavy atom. The van der Waals surface area contributed by atoms with Crippen LogP contribution in [0.15, 0.2) is 18.2 Å². The molecular formula is C14H17ClN2O3. The second-order valence-corrected chi connectivity index (χ2v) is 5.60. The number of nitrogens with zero attached hydrogens (tertiary/aromatic N) is 1. The zero-order chi connectivity index (χ0) is 14.9. The molecule has 20 heavy (non-hydrogen) atoms. The molecule has 1 aliphatic heterocycles. The Labute approximate surface area is 122 Å². The van der Waals surface area contributed by atoms with E-state index in [0.29, 0.717) is 17.3 Å². The molecule has 2 N–H and O–H groups in total. The summed E-state index contributed by atoms with van der Waals surface area (Å²) in [7, 11) is 0. The fourth-order valence-electron chi connectivity index (χ4n) is 2.43. The van der Waals surface area contributed by atoms with E-state index in [9.17, 15) is 9.59 Å². The predicted molar refractivity (Wildman–Crippen MR) is 77.1 cm³/mol. The van der Waals surface area contributed by atoms with E-state index < -0.39 is 11.9 Å². The van der Waals surface area contributed by atoms with Gasteiger partial charge in [0.25, 0.3) is 0 Å². The molecule has 2 rings (SSSR count). The summed E-state index contributed by atoms with van der Waals surface area (Å²) in [5.41, 5.74) is 1.44. The van der Waals surface area contributed by atoms with Gasteiger partial charge < -0.3 is 15.3 Å². The topological polar surface area (TPSA) is 69.6 Å². The van der Waals surface area contributed by atoms with Crippen molar-refractivity contribution in [3.63, 3.8) is 0 Å². The average Bonchev–Trinajstić information content (AvgIpc) is 2.76. The van der Waals surface area contributed by atoms with Gasteiger partial charge in [0.05, 0.1) is 16.6 Å². The van der Waals surface area contributed by atoms with Crippen LogP contribution in [-0.2, 0) is 4.79 Å². The zero-order valence-corrected chi connectivity index (χ0v) is 12.1. The molecule has 5 nitrogen and oxygen atoms in total. The molecule has 0 saturated carbocycles. The van der Waals surface area contributed by atoms with Gasteiger partial charge in [-0.1, -0.05) is 30.7 Å². The first-order valence-corrected chi connectivity index (χ1v) is 6.81. The number of anilines is 1. The molecule has 0 aromatic heterocycles. The van der Waals surface area contributed by atoms with Gasteiger partial charge in [0.15, 0.2) is 0 Å². The number of nitrogens with one attached hydrogen (secondary N) is 1. The number of halogens is 1. The van der Waals surface area contributed by atoms with Crippen LogP contribution in [0.2, 0.25) is 5.02 Å². The number of hydrogen-bond donors (Lipinski definition) is 2. The largest absolute Gasteiger partial charge is 0.481 e. The summed E-state index contributed by atoms with van der Waals surface area (Å²) < 4.78 is 0. The number of aryl methyl sites for hydroxylation is 1. The Morgan fingerprint density at radius 1 is 1.40 bits per heavy atom. The maximum Gasteiger partial charge on any atom is 0.321 e. The second kappa shape index (κ2) is 5.71. The molecule has 1 fully saturated rings. The van der Waals surface area contributed by atoms with Crippen molar-refractivity contribution in [1.82, 2.24) is 4.90 Å². The normalized spacial score (nSPS) is 21.9. The first-order chi connectivity index (χ1) is 9.40. The number of likely N-dealkylation sites (tertiary alicyclic amines) is 1. The average molecular weight is 297 g/mol. The fourth-order valence-corrected chi connectivity index (χ4v) is 2.70. The molecule has 0 aliphatic carbocycles. The summed E-state index contributed by atoms with van der Waals surface area (Å²) in [4.78, 5) is 24.8. The third-order valence-corrected chi connectivity index (χ3v) is 3.99. The molecular weight excluding hydrogens is 280 g/mol. The maximum atomic E-state index is 12.2. The quantitative estimate of drug-likeness (QED) is 0.881. The zero-order valence-electron chi connectivity index (χ0n) is 11.4. The molecule has 1 saturated heterocycles. The number of carbonyl (C=O) groups excluding carboxylic acids is 1. The lowest BCUT2D eigenvalue weighted by Gasteiger charge is -2.18. The van der Waals surface area contributed by atoms with Crippen molar-refractivity contribution in [2.75, 3.05) is 18.4 Å². The molecule has 0 radical (unpaired) electrons. The van der Waals surface area contributed by atoms with Gasteiger partial charge in [-0.2, -0.15) is 0 Å². The number of rotatable bonds is 2. The van der Waals surface area contributed by atoms with Crippen LogP contribution in [0, 0.1) is 18.8 Å². The number of benzene rings is 1. The third-order valence-electron chi connectivity index (χ3n) is 3.67. The molecule has 1 heterocycles. The van der Waals surface area contributed by atoms with Gasteiger partial charge in [-0.15, -0.1) is 0 Å². The van der Waals surface area contributed by atoms with E-state index in [1.807, 2.05) is 26.0 Å². The summed E-state index contributed by atoms with van der Waals surface area (Å²) >= 11 is 6.06. The molecule has 0 unspecified atom stereocenters. The smallest absolute Gasteiger partial charge is 0.321 e. The van der Waals surface area contributed by atoms with Crippen LogP contribution in [0.4, 0.5) is 10.5 Å². The van der Waals surface area contributed by atoms with Gasteiger partial charge in [-0.25, -0.2) is 4.79 Å². The standard InChI is InChI=1S/C14H17ClN2O3/c1-8-4-3-5-11(15)12(8)16-14(20)17-6-9(2)10(7-17)13(18)19/h3-5,9-10H,6-7H2,1-2H3,(H,16,20)(H,18,19)/t9-,10-/m1/s1. The van der Waals surface area contributed by atoms with E-state index in [4.69, 9.17) is 16.7 Å². The number of para-hydroxylation sites is 1. The van der Waals surface area contributed by atoms with Crippen molar-refractivity contribution in [1.29, 1.82) is 0 Å². The number of hydrogen-bond acceptors (Lipinski definition) is 2. The van der Waals surface area contributed by atoms with Gasteiger partial charge >= 0.3 is 12.0 Å². The van der Waals surface area contributed by atoms with Crippen LogP contribution in [0.25, 0.3) is 0 Å². The number of carbonyl (C=O) groups is 2. The van der Waals surface area contributed by atoms with Crippen LogP contribution < -0.4 is 5.32 Å². The predicted octanol–water partition coefficient (Wildman–Crippen LogP) is 2.83. The van der Waals surface area contributed by atoms with E-state index in [1.165, 1.54) is 4.90 Å². The lowest BCUT2D eigenvalue weighted by Crippen LogP contribution is -2.34. The van der Waals surface area contributed by atoms with Crippen LogP contribution in [0.1, 0.15) is 12.5 Å². The van der Waals surface area contributed by atoms with Crippen molar-refractivity contribution < 1.29 is 14.7 Å². The minimum Gasteiger partial charge on any atom is -0.481 e. The first kappa shape index (κ1) is 14.7. The van der Waals surface area contributed by atoms with Crippen molar-refractivity contribution in [3.05, 3.63) is 28.8 Å². The molecule has 6 heteroatoms. The van der Waals surface area contributed by atoms with Crippen molar-refractivity contribution in [3.8, 4) is 0 Å². The highest BCUT2D eigenvalue weighted by molar-refractivity contribution is 6.33. The van der Waals surface area contributed by atoms with Crippen molar-refractivity contribution in [2.24, 2.45) is 11.8 Å². The van der Waals surface area contributed by atoms with E-state index in [2.05, 4.69) is 5.32 Å². The third kappa shape index (κ3) is 2.88. The number of aliphatic carboxylic acids is 1. The molecule has 1 aromatic carbocycles. The van der Waals surface area contributed by atoms with E-state index in [1.54, 1.807) is 6.07 Å². The summed E-state index contributed by atoms with van der Waals surface area (Å²) in [5.74, 6) is -1.42. The highest BCUT2D eigenvalue weighted by atomic mass is 35.5. The first-order valence-electron chi connectivity index (χ1n) is 6.44. The Bertz CT molecular complexity index is 527. The molecule has 2 amide bonds. The van der Waals surface area contributed by atoms with Gasteiger partial charge in [0.2, 0.25) is 0 Å². The Hall–Kier alpha value is -1.75. The van der Waals surface area contributed by atoms with Gasteiger partial charge in [0.1, 0.15) is 0 Å². The molecule has 2 atom stereocenters. The van der Waals surface area contributed by atoms with Crippen molar-refractivity contribution in [2.45, 2.75) is 13.8 Å². The maximum absolute atomic E-state index is 12.2. The summed E-state index contributed by atoms with van der Waals surface area (Å²) in [6, 6.07) is 5.06. The number of carboxylic acids is 1. The van der Waals surface area contributed by atoms with Crippen LogP contribution in [0.5, 0.6) is 0 Å². The summed E-state index contributed by atoms with van der Waals surface area (Å²) in [6.07, 6.45) is 0. The molecule has 108 valence electrons. The fraction of sp³-hybridized carbons (Fsp3) is 0.429. The second-order valence-electron chi connectivity index (χ2n) is 5.19. The SMILES string of the molecule is Cc1cccc(Cl)c1NC(=O)N1C[C@@H](C)[C@H](C(=O)O)C1. The molecule has 0 spiro atoms. The van der Waals surface area contributed by atoms with Crippen molar-refractivity contribution >= 4 is 29.3 Å². The van der Waals surface area contributed by atoms with Gasteiger partial charge in [-0.3, -0.25) is 4.79 Å². The molecule has 0 bridgehead atoms.